The lowest BCUT2D eigenvalue weighted by Gasteiger charge is -2.19. The van der Waals surface area contributed by atoms with Crippen LogP contribution in [0, 0.1) is 18.6 Å². The van der Waals surface area contributed by atoms with Crippen molar-refractivity contribution in [3.05, 3.63) is 102 Å². The lowest BCUT2D eigenvalue weighted by atomic mass is 10.1. The summed E-state index contributed by atoms with van der Waals surface area (Å²) in [5.41, 5.74) is 1.36. The summed E-state index contributed by atoms with van der Waals surface area (Å²) in [5, 5.41) is 1.53. The van der Waals surface area contributed by atoms with E-state index >= 15 is 0 Å². The van der Waals surface area contributed by atoms with E-state index in [-0.39, 0.29) is 17.1 Å². The van der Waals surface area contributed by atoms with Gasteiger partial charge < -0.3 is 5.32 Å². The largest absolute Gasteiger partial charge is 0.349 e. The molecule has 2 heterocycles. The van der Waals surface area contributed by atoms with Crippen molar-refractivity contribution in [2.75, 3.05) is 6.54 Å². The van der Waals surface area contributed by atoms with Crippen LogP contribution in [0.2, 0.25) is 0 Å². The van der Waals surface area contributed by atoms with Crippen molar-refractivity contribution in [2.24, 2.45) is 0 Å². The Morgan fingerprint density at radius 1 is 1.00 bits per heavy atom. The number of benzene rings is 2. The molecule has 0 bridgehead atoms. The molecule has 4 aromatic rings. The van der Waals surface area contributed by atoms with Crippen molar-refractivity contribution < 1.29 is 22.0 Å². The van der Waals surface area contributed by atoms with E-state index in [1.807, 2.05) is 0 Å². The second-order valence-corrected chi connectivity index (χ2v) is 9.36. The first kappa shape index (κ1) is 21.6. The van der Waals surface area contributed by atoms with Crippen LogP contribution in [0.25, 0.3) is 5.65 Å². The zero-order valence-corrected chi connectivity index (χ0v) is 17.8. The van der Waals surface area contributed by atoms with Gasteiger partial charge in [0.15, 0.2) is 9.84 Å². The van der Waals surface area contributed by atoms with Gasteiger partial charge in [0.25, 0.3) is 5.91 Å². The van der Waals surface area contributed by atoms with Crippen molar-refractivity contribution >= 4 is 21.4 Å². The van der Waals surface area contributed by atoms with Gasteiger partial charge in [0.05, 0.1) is 10.6 Å². The highest BCUT2D eigenvalue weighted by Crippen LogP contribution is 2.29. The molecule has 32 heavy (non-hydrogen) atoms. The monoisotopic (exact) mass is 455 g/mol. The molecule has 1 atom stereocenters. The first-order valence-corrected chi connectivity index (χ1v) is 11.3. The second kappa shape index (κ2) is 8.51. The van der Waals surface area contributed by atoms with Gasteiger partial charge in [-0.1, -0.05) is 30.3 Å². The van der Waals surface area contributed by atoms with Crippen LogP contribution in [0.4, 0.5) is 8.78 Å². The lowest BCUT2D eigenvalue weighted by Crippen LogP contribution is -2.33. The van der Waals surface area contributed by atoms with Crippen LogP contribution < -0.4 is 5.32 Å². The molecule has 0 saturated carbocycles. The van der Waals surface area contributed by atoms with Crippen molar-refractivity contribution in [3.8, 4) is 0 Å². The first-order chi connectivity index (χ1) is 15.3. The summed E-state index contributed by atoms with van der Waals surface area (Å²) in [6.45, 7) is 1.37. The number of fused-ring (bicyclic) bond motifs is 1. The molecular weight excluding hydrogens is 436 g/mol. The van der Waals surface area contributed by atoms with E-state index in [1.54, 1.807) is 37.3 Å². The number of aromatic nitrogens is 2. The number of sulfone groups is 1. The summed E-state index contributed by atoms with van der Waals surface area (Å²) in [6, 6.07) is 15.7. The van der Waals surface area contributed by atoms with Crippen molar-refractivity contribution in [1.82, 2.24) is 14.7 Å². The molecule has 6 nitrogen and oxygen atoms in total. The first-order valence-electron chi connectivity index (χ1n) is 9.74. The number of aryl methyl sites for hydroxylation is 1. The highest BCUT2D eigenvalue weighted by atomic mass is 32.2. The Morgan fingerprint density at radius 3 is 2.34 bits per heavy atom. The average Bonchev–Trinajstić information content (AvgIpc) is 3.09. The molecule has 2 aromatic carbocycles. The molecule has 2 aromatic heterocycles. The molecule has 164 valence electrons. The molecule has 0 aliphatic heterocycles. The van der Waals surface area contributed by atoms with E-state index in [1.165, 1.54) is 28.7 Å². The highest BCUT2D eigenvalue weighted by Gasteiger charge is 2.30. The predicted octanol–water partition coefficient (Wildman–Crippen LogP) is 3.87. The standard InChI is InChI=1S/C23H19F2N3O3S/c1-15-22(28-14-18(25)9-12-21(28)27-15)23(29)26-13-20(16-5-3-2-4-6-16)32(30,31)19-10-7-17(24)8-11-19/h2-12,14,20H,13H2,1H3,(H,26,29). The van der Waals surface area contributed by atoms with Gasteiger partial charge in [0, 0.05) is 12.7 Å². The minimum absolute atomic E-state index is 0.0601. The summed E-state index contributed by atoms with van der Waals surface area (Å²) in [4.78, 5) is 17.1. The molecule has 1 unspecified atom stereocenters. The van der Waals surface area contributed by atoms with Crippen LogP contribution in [-0.4, -0.2) is 30.3 Å². The fraction of sp³-hybridized carbons (Fsp3) is 0.130. The Morgan fingerprint density at radius 2 is 1.66 bits per heavy atom. The van der Waals surface area contributed by atoms with E-state index in [2.05, 4.69) is 10.3 Å². The number of imidazole rings is 1. The smallest absolute Gasteiger partial charge is 0.270 e. The minimum Gasteiger partial charge on any atom is -0.349 e. The summed E-state index contributed by atoms with van der Waals surface area (Å²) in [6.07, 6.45) is 1.15. The third-order valence-corrected chi connectivity index (χ3v) is 7.23. The quantitative estimate of drug-likeness (QED) is 0.448. The van der Waals surface area contributed by atoms with Crippen LogP contribution in [0.5, 0.6) is 0 Å². The van der Waals surface area contributed by atoms with Gasteiger partial charge >= 0.3 is 0 Å². The Kier molecular flexibility index (Phi) is 5.75. The van der Waals surface area contributed by atoms with E-state index in [4.69, 9.17) is 0 Å². The van der Waals surface area contributed by atoms with Gasteiger partial charge in [-0.15, -0.1) is 0 Å². The molecule has 0 aliphatic rings. The van der Waals surface area contributed by atoms with E-state index in [0.717, 1.165) is 18.3 Å². The predicted molar refractivity (Wildman–Crippen MR) is 115 cm³/mol. The van der Waals surface area contributed by atoms with Gasteiger partial charge in [-0.05, 0) is 48.9 Å². The molecule has 9 heteroatoms. The lowest BCUT2D eigenvalue weighted by molar-refractivity contribution is 0.0947. The zero-order chi connectivity index (χ0) is 22.9. The van der Waals surface area contributed by atoms with Gasteiger partial charge in [0.2, 0.25) is 0 Å². The van der Waals surface area contributed by atoms with Crippen LogP contribution in [-0.2, 0) is 9.84 Å². The molecule has 1 amide bonds. The van der Waals surface area contributed by atoms with Crippen LogP contribution >= 0.6 is 0 Å². The Hall–Kier alpha value is -3.59. The fourth-order valence-corrected chi connectivity index (χ4v) is 5.20. The molecule has 1 N–H and O–H groups in total. The van der Waals surface area contributed by atoms with Crippen LogP contribution in [0.1, 0.15) is 27.0 Å². The molecule has 0 fully saturated rings. The van der Waals surface area contributed by atoms with Crippen LogP contribution in [0.3, 0.4) is 0 Å². The number of nitrogens with zero attached hydrogens (tertiary/aromatic N) is 2. The average molecular weight is 455 g/mol. The number of hydrogen-bond acceptors (Lipinski definition) is 4. The SMILES string of the molecule is Cc1nc2ccc(F)cn2c1C(=O)NCC(c1ccccc1)S(=O)(=O)c1ccc(F)cc1. The molecule has 0 spiro atoms. The third-order valence-electron chi connectivity index (χ3n) is 5.11. The maximum absolute atomic E-state index is 13.7. The number of carbonyl (C=O) groups excluding carboxylic acids is 1. The minimum atomic E-state index is -3.96. The zero-order valence-electron chi connectivity index (χ0n) is 17.0. The third kappa shape index (κ3) is 4.11. The number of amides is 1. The van der Waals surface area contributed by atoms with E-state index in [9.17, 15) is 22.0 Å². The molecule has 4 rings (SSSR count). The highest BCUT2D eigenvalue weighted by molar-refractivity contribution is 7.91. The van der Waals surface area contributed by atoms with E-state index < -0.39 is 32.6 Å². The number of carbonyl (C=O) groups is 1. The van der Waals surface area contributed by atoms with Crippen molar-refractivity contribution in [2.45, 2.75) is 17.1 Å². The van der Waals surface area contributed by atoms with Crippen LogP contribution in [0.15, 0.2) is 77.8 Å². The number of pyridine rings is 1. The van der Waals surface area contributed by atoms with Gasteiger partial charge in [0.1, 0.15) is 28.2 Å². The molecule has 0 saturated heterocycles. The Bertz CT molecular complexity index is 1390. The maximum Gasteiger partial charge on any atom is 0.270 e. The number of nitrogens with one attached hydrogen (secondary N) is 1. The van der Waals surface area contributed by atoms with Gasteiger partial charge in [-0.2, -0.15) is 0 Å². The topological polar surface area (TPSA) is 80.5 Å². The molecular formula is C23H19F2N3O3S. The summed E-state index contributed by atoms with van der Waals surface area (Å²) in [5.74, 6) is -1.68. The fourth-order valence-electron chi connectivity index (χ4n) is 3.54. The summed E-state index contributed by atoms with van der Waals surface area (Å²) >= 11 is 0. The maximum atomic E-state index is 13.7. The van der Waals surface area contributed by atoms with Crippen molar-refractivity contribution in [1.29, 1.82) is 0 Å². The van der Waals surface area contributed by atoms with E-state index in [0.29, 0.717) is 16.9 Å². The Labute approximate surface area is 183 Å². The normalized spacial score (nSPS) is 12.6. The number of halogens is 2. The Balaban J connectivity index is 1.67. The van der Waals surface area contributed by atoms with Crippen molar-refractivity contribution in [3.63, 3.8) is 0 Å². The second-order valence-electron chi connectivity index (χ2n) is 7.23. The summed E-state index contributed by atoms with van der Waals surface area (Å²) < 4.78 is 55.0. The van der Waals surface area contributed by atoms with Gasteiger partial charge in [-0.3, -0.25) is 9.20 Å². The summed E-state index contributed by atoms with van der Waals surface area (Å²) in [7, 11) is -3.96. The molecule has 0 radical (unpaired) electrons. The number of hydrogen-bond donors (Lipinski definition) is 1. The molecule has 0 aliphatic carbocycles. The van der Waals surface area contributed by atoms with Gasteiger partial charge in [-0.25, -0.2) is 22.2 Å². The number of rotatable bonds is 6.